The van der Waals surface area contributed by atoms with Crippen LogP contribution >= 0.6 is 0 Å². The van der Waals surface area contributed by atoms with Crippen molar-refractivity contribution in [2.24, 2.45) is 0 Å². The summed E-state index contributed by atoms with van der Waals surface area (Å²) < 4.78 is 37.2. The highest BCUT2D eigenvalue weighted by atomic mass is 32.2. The van der Waals surface area contributed by atoms with Crippen LogP contribution in [0, 0.1) is 0 Å². The van der Waals surface area contributed by atoms with Crippen molar-refractivity contribution >= 4 is 15.9 Å². The molecule has 1 heterocycles. The zero-order valence-electron chi connectivity index (χ0n) is 16.5. The summed E-state index contributed by atoms with van der Waals surface area (Å²) in [5, 5.41) is 2.70. The summed E-state index contributed by atoms with van der Waals surface area (Å²) in [6.07, 6.45) is 1.09. The summed E-state index contributed by atoms with van der Waals surface area (Å²) in [4.78, 5) is 11.9. The predicted molar refractivity (Wildman–Crippen MR) is 110 cm³/mol. The molecular formula is C21H26N2O5S. The number of sulfonamides is 1. The fourth-order valence-corrected chi connectivity index (χ4v) is 4.66. The number of nitrogens with one attached hydrogen (secondary N) is 1. The average Bonchev–Trinajstić information content (AvgIpc) is 2.75. The molecule has 1 N–H and O–H groups in total. The maximum Gasteiger partial charge on any atom is 0.257 e. The van der Waals surface area contributed by atoms with Crippen LogP contribution in [0.15, 0.2) is 48.5 Å². The number of carbonyl (C=O) groups excluding carboxylic acids is 1. The van der Waals surface area contributed by atoms with Crippen LogP contribution in [-0.2, 0) is 27.8 Å². The van der Waals surface area contributed by atoms with Crippen LogP contribution in [0.1, 0.15) is 17.5 Å². The van der Waals surface area contributed by atoms with Gasteiger partial charge in [0.15, 0.2) is 6.61 Å². The van der Waals surface area contributed by atoms with E-state index in [1.54, 1.807) is 31.4 Å². The average molecular weight is 419 g/mol. The highest BCUT2D eigenvalue weighted by molar-refractivity contribution is 7.89. The van der Waals surface area contributed by atoms with Crippen molar-refractivity contribution in [1.29, 1.82) is 0 Å². The van der Waals surface area contributed by atoms with E-state index in [1.807, 2.05) is 24.3 Å². The Bertz CT molecular complexity index is 928. The van der Waals surface area contributed by atoms with Crippen LogP contribution in [0.4, 0.5) is 0 Å². The van der Waals surface area contributed by atoms with Crippen molar-refractivity contribution < 1.29 is 22.7 Å². The van der Waals surface area contributed by atoms with Crippen LogP contribution in [0.2, 0.25) is 0 Å². The Morgan fingerprint density at radius 3 is 2.48 bits per heavy atom. The van der Waals surface area contributed by atoms with Crippen molar-refractivity contribution in [2.45, 2.75) is 19.4 Å². The first kappa shape index (κ1) is 21.1. The van der Waals surface area contributed by atoms with Gasteiger partial charge < -0.3 is 14.8 Å². The van der Waals surface area contributed by atoms with E-state index in [9.17, 15) is 13.2 Å². The Hall–Kier alpha value is -2.58. The van der Waals surface area contributed by atoms with Crippen LogP contribution in [0.3, 0.4) is 0 Å². The standard InChI is InChI=1S/C21H26N2O5S/c1-27-19-7-9-20(10-8-19)28-16-21(24)22-12-4-14-29(25,26)23-13-11-17-5-2-3-6-18(17)15-23/h2-3,5-10H,4,11-16H2,1H3,(H,22,24). The first-order valence-corrected chi connectivity index (χ1v) is 11.2. The molecule has 3 rings (SSSR count). The van der Waals surface area contributed by atoms with Crippen molar-refractivity contribution in [3.8, 4) is 11.5 Å². The number of nitrogens with zero attached hydrogens (tertiary/aromatic N) is 1. The third-order valence-electron chi connectivity index (χ3n) is 4.82. The molecule has 0 bridgehead atoms. The van der Waals surface area contributed by atoms with E-state index in [0.717, 1.165) is 12.0 Å². The molecule has 0 saturated heterocycles. The Kier molecular flexibility index (Phi) is 7.11. The van der Waals surface area contributed by atoms with Crippen molar-refractivity contribution in [1.82, 2.24) is 9.62 Å². The number of carbonyl (C=O) groups is 1. The molecule has 1 amide bonds. The second-order valence-corrected chi connectivity index (χ2v) is 8.92. The summed E-state index contributed by atoms with van der Waals surface area (Å²) in [5.41, 5.74) is 2.27. The normalized spacial score (nSPS) is 14.1. The van der Waals surface area contributed by atoms with Gasteiger partial charge in [0.05, 0.1) is 12.9 Å². The summed E-state index contributed by atoms with van der Waals surface area (Å²) in [5.74, 6) is 0.994. The van der Waals surface area contributed by atoms with Gasteiger partial charge in [0, 0.05) is 19.6 Å². The lowest BCUT2D eigenvalue weighted by Crippen LogP contribution is -2.38. The molecular weight excluding hydrogens is 392 g/mol. The van der Waals surface area contributed by atoms with E-state index < -0.39 is 10.0 Å². The fourth-order valence-electron chi connectivity index (χ4n) is 3.19. The number of hydrogen-bond acceptors (Lipinski definition) is 5. The number of ether oxygens (including phenoxy) is 2. The lowest BCUT2D eigenvalue weighted by molar-refractivity contribution is -0.123. The van der Waals surface area contributed by atoms with Gasteiger partial charge >= 0.3 is 0 Å². The molecule has 0 saturated carbocycles. The van der Waals surface area contributed by atoms with Crippen LogP contribution < -0.4 is 14.8 Å². The molecule has 1 aliphatic heterocycles. The van der Waals surface area contributed by atoms with Gasteiger partial charge in [-0.1, -0.05) is 24.3 Å². The quantitative estimate of drug-likeness (QED) is 0.630. The predicted octanol–water partition coefficient (Wildman–Crippen LogP) is 1.97. The van der Waals surface area contributed by atoms with Gasteiger partial charge in [0.1, 0.15) is 11.5 Å². The van der Waals surface area contributed by atoms with Crippen molar-refractivity contribution in [3.05, 3.63) is 59.7 Å². The zero-order valence-corrected chi connectivity index (χ0v) is 17.3. The largest absolute Gasteiger partial charge is 0.497 e. The highest BCUT2D eigenvalue weighted by Gasteiger charge is 2.26. The second kappa shape index (κ2) is 9.76. The van der Waals surface area contributed by atoms with Gasteiger partial charge in [-0.05, 0) is 48.2 Å². The number of rotatable bonds is 9. The van der Waals surface area contributed by atoms with Gasteiger partial charge in [-0.3, -0.25) is 4.79 Å². The molecule has 1 aliphatic rings. The van der Waals surface area contributed by atoms with E-state index in [4.69, 9.17) is 9.47 Å². The second-order valence-electron chi connectivity index (χ2n) is 6.84. The molecule has 0 unspecified atom stereocenters. The van der Waals surface area contributed by atoms with E-state index in [-0.39, 0.29) is 24.8 Å². The SMILES string of the molecule is COc1ccc(OCC(=O)NCCCS(=O)(=O)N2CCc3ccccc3C2)cc1. The third kappa shape index (κ3) is 5.95. The summed E-state index contributed by atoms with van der Waals surface area (Å²) in [6.45, 7) is 1.08. The van der Waals surface area contributed by atoms with E-state index >= 15 is 0 Å². The smallest absolute Gasteiger partial charge is 0.257 e. The fraction of sp³-hybridized carbons (Fsp3) is 0.381. The van der Waals surface area contributed by atoms with E-state index in [0.29, 0.717) is 31.0 Å². The first-order valence-electron chi connectivity index (χ1n) is 9.56. The maximum absolute atomic E-state index is 12.6. The van der Waals surface area contributed by atoms with Gasteiger partial charge in [-0.25, -0.2) is 8.42 Å². The first-order chi connectivity index (χ1) is 14.0. The minimum Gasteiger partial charge on any atom is -0.497 e. The molecule has 0 fully saturated rings. The lowest BCUT2D eigenvalue weighted by Gasteiger charge is -2.28. The molecule has 29 heavy (non-hydrogen) atoms. The molecule has 8 heteroatoms. The number of fused-ring (bicyclic) bond motifs is 1. The molecule has 0 aromatic heterocycles. The highest BCUT2D eigenvalue weighted by Crippen LogP contribution is 2.21. The van der Waals surface area contributed by atoms with Gasteiger partial charge in [-0.15, -0.1) is 0 Å². The summed E-state index contributed by atoms with van der Waals surface area (Å²) >= 11 is 0. The minimum atomic E-state index is -3.35. The summed E-state index contributed by atoms with van der Waals surface area (Å²) in [6, 6.07) is 14.9. The Labute approximate surface area is 171 Å². The number of methoxy groups -OCH3 is 1. The topological polar surface area (TPSA) is 84.9 Å². The Morgan fingerprint density at radius 1 is 1.07 bits per heavy atom. The molecule has 2 aromatic rings. The maximum atomic E-state index is 12.6. The molecule has 2 aromatic carbocycles. The minimum absolute atomic E-state index is 0.00871. The van der Waals surface area contributed by atoms with Crippen molar-refractivity contribution in [3.63, 3.8) is 0 Å². The van der Waals surface area contributed by atoms with Crippen LogP contribution in [0.25, 0.3) is 0 Å². The molecule has 0 radical (unpaired) electrons. The number of amides is 1. The van der Waals surface area contributed by atoms with Crippen molar-refractivity contribution in [2.75, 3.05) is 32.6 Å². The molecule has 7 nitrogen and oxygen atoms in total. The number of benzene rings is 2. The number of hydrogen-bond donors (Lipinski definition) is 1. The lowest BCUT2D eigenvalue weighted by atomic mass is 10.0. The summed E-state index contributed by atoms with van der Waals surface area (Å²) in [7, 11) is -1.77. The Morgan fingerprint density at radius 2 is 1.76 bits per heavy atom. The van der Waals surface area contributed by atoms with E-state index in [2.05, 4.69) is 5.32 Å². The van der Waals surface area contributed by atoms with Crippen LogP contribution in [-0.4, -0.2) is 51.2 Å². The molecule has 156 valence electrons. The monoisotopic (exact) mass is 418 g/mol. The van der Waals surface area contributed by atoms with Gasteiger partial charge in [-0.2, -0.15) is 4.31 Å². The third-order valence-corrected chi connectivity index (χ3v) is 6.72. The Balaban J connectivity index is 1.37. The van der Waals surface area contributed by atoms with Crippen LogP contribution in [0.5, 0.6) is 11.5 Å². The van der Waals surface area contributed by atoms with E-state index in [1.165, 1.54) is 9.87 Å². The zero-order chi connectivity index (χ0) is 20.7. The molecule has 0 aliphatic carbocycles. The van der Waals surface area contributed by atoms with Gasteiger partial charge in [0.25, 0.3) is 5.91 Å². The van der Waals surface area contributed by atoms with Gasteiger partial charge in [0.2, 0.25) is 10.0 Å². The molecule has 0 atom stereocenters. The molecule has 0 spiro atoms.